The van der Waals surface area contributed by atoms with E-state index in [4.69, 9.17) is 8.85 Å². The van der Waals surface area contributed by atoms with Crippen molar-refractivity contribution in [3.05, 3.63) is 0 Å². The van der Waals surface area contributed by atoms with Crippen LogP contribution in [-0.2, 0) is 8.85 Å². The summed E-state index contributed by atoms with van der Waals surface area (Å²) in [6, 6.07) is 4.27. The quantitative estimate of drug-likeness (QED) is 0.727. The summed E-state index contributed by atoms with van der Waals surface area (Å²) in [7, 11) is -3.91. The Labute approximate surface area is 113 Å². The molecule has 0 saturated heterocycles. The first-order valence-electron chi connectivity index (χ1n) is 6.01. The number of hydrogen-bond acceptors (Lipinski definition) is 4. The fourth-order valence-electron chi connectivity index (χ4n) is 1.68. The van der Waals surface area contributed by atoms with Crippen LogP contribution >= 0.6 is 0 Å². The molecule has 0 aliphatic rings. The molecule has 0 aliphatic heterocycles. The molecule has 0 amide bonds. The lowest BCUT2D eigenvalue weighted by Gasteiger charge is -2.43. The summed E-state index contributed by atoms with van der Waals surface area (Å²) in [4.78, 5) is 0. The first kappa shape index (κ1) is 17.3. The summed E-state index contributed by atoms with van der Waals surface area (Å²) in [6.07, 6.45) is 0. The lowest BCUT2D eigenvalue weighted by molar-refractivity contribution is -0.0334. The van der Waals surface area contributed by atoms with Crippen molar-refractivity contribution in [3.8, 4) is 12.1 Å². The summed E-state index contributed by atoms with van der Waals surface area (Å²) >= 11 is 0. The number of nitriles is 2. The molecule has 102 valence electrons. The fraction of sp³-hybridized carbons (Fsp3) is 0.833. The van der Waals surface area contributed by atoms with Gasteiger partial charge in [-0.2, -0.15) is 10.5 Å². The monoisotopic (exact) mass is 284 g/mol. The molecule has 0 aliphatic carbocycles. The highest BCUT2D eigenvalue weighted by Gasteiger charge is 2.52. The highest BCUT2D eigenvalue weighted by Crippen LogP contribution is 2.34. The average Bonchev–Trinajstić information content (AvgIpc) is 2.12. The Morgan fingerprint density at radius 3 is 1.06 bits per heavy atom. The maximum absolute atomic E-state index is 9.44. The predicted octanol–water partition coefficient (Wildman–Crippen LogP) is 3.25. The Bertz CT molecular complexity index is 349. The van der Waals surface area contributed by atoms with Crippen molar-refractivity contribution in [2.75, 3.05) is 0 Å². The van der Waals surface area contributed by atoms with Crippen molar-refractivity contribution in [2.24, 2.45) is 0 Å². The molecule has 0 heterocycles. The van der Waals surface area contributed by atoms with Crippen LogP contribution in [0.25, 0.3) is 0 Å². The van der Waals surface area contributed by atoms with E-state index in [2.05, 4.69) is 12.1 Å². The molecule has 0 bridgehead atoms. The molecule has 0 spiro atoms. The summed E-state index contributed by atoms with van der Waals surface area (Å²) in [5, 5.41) is 18.9. The third-order valence-electron chi connectivity index (χ3n) is 2.36. The molecule has 0 aromatic rings. The van der Waals surface area contributed by atoms with Gasteiger partial charge in [-0.25, -0.2) is 0 Å². The molecule has 0 radical (unpaired) electrons. The summed E-state index contributed by atoms with van der Waals surface area (Å²) in [6.45, 7) is 15.3. The Kier molecular flexibility index (Phi) is 4.95. The fourth-order valence-corrected chi connectivity index (χ4v) is 4.61. The van der Waals surface area contributed by atoms with Crippen molar-refractivity contribution in [1.82, 2.24) is 0 Å². The van der Waals surface area contributed by atoms with E-state index in [1.807, 2.05) is 39.3 Å². The molecule has 0 rings (SSSR count). The van der Waals surface area contributed by atoms with E-state index in [9.17, 15) is 10.5 Å². The Balaban J connectivity index is 5.49. The van der Waals surface area contributed by atoms with Crippen molar-refractivity contribution in [2.45, 2.75) is 64.3 Å². The van der Waals surface area contributed by atoms with Crippen LogP contribution in [0.1, 0.15) is 13.8 Å². The third kappa shape index (κ3) is 4.54. The Hall–Kier alpha value is -0.666. The number of nitrogens with zero attached hydrogens (tertiary/aromatic N) is 2. The standard InChI is InChI=1S/C12H24N2O2Si2/c1-11(9-13,15-17(3,4)5)12(2,10-14)16-18(6,7)8/h1-8H3. The minimum Gasteiger partial charge on any atom is -0.397 e. The van der Waals surface area contributed by atoms with E-state index >= 15 is 0 Å². The minimum absolute atomic E-state index is 1.24. The Morgan fingerprint density at radius 2 is 0.944 bits per heavy atom. The van der Waals surface area contributed by atoms with Gasteiger partial charge in [0.2, 0.25) is 0 Å². The zero-order valence-electron chi connectivity index (χ0n) is 12.7. The van der Waals surface area contributed by atoms with Gasteiger partial charge in [-0.15, -0.1) is 0 Å². The van der Waals surface area contributed by atoms with Crippen LogP contribution in [0.2, 0.25) is 39.3 Å². The van der Waals surface area contributed by atoms with Gasteiger partial charge in [-0.05, 0) is 53.1 Å². The maximum Gasteiger partial charge on any atom is 0.186 e. The minimum atomic E-state index is -1.95. The van der Waals surface area contributed by atoms with Gasteiger partial charge in [0.1, 0.15) is 12.1 Å². The maximum atomic E-state index is 9.44. The molecule has 4 nitrogen and oxygen atoms in total. The lowest BCUT2D eigenvalue weighted by atomic mass is 9.89. The van der Waals surface area contributed by atoms with Crippen LogP contribution in [0.4, 0.5) is 0 Å². The summed E-state index contributed by atoms with van der Waals surface area (Å²) in [5.74, 6) is 0. The second kappa shape index (κ2) is 5.14. The van der Waals surface area contributed by atoms with Crippen molar-refractivity contribution in [1.29, 1.82) is 10.5 Å². The zero-order valence-corrected chi connectivity index (χ0v) is 14.7. The van der Waals surface area contributed by atoms with E-state index in [1.54, 1.807) is 13.8 Å². The van der Waals surface area contributed by atoms with Crippen LogP contribution in [0, 0.1) is 22.7 Å². The largest absolute Gasteiger partial charge is 0.397 e. The summed E-state index contributed by atoms with van der Waals surface area (Å²) < 4.78 is 11.9. The van der Waals surface area contributed by atoms with E-state index in [0.717, 1.165) is 0 Å². The average molecular weight is 285 g/mol. The summed E-state index contributed by atoms with van der Waals surface area (Å²) in [5.41, 5.74) is -2.49. The van der Waals surface area contributed by atoms with Crippen molar-refractivity contribution in [3.63, 3.8) is 0 Å². The second-order valence-electron chi connectivity index (χ2n) is 6.72. The van der Waals surface area contributed by atoms with E-state index in [-0.39, 0.29) is 0 Å². The molecule has 18 heavy (non-hydrogen) atoms. The molecule has 2 unspecified atom stereocenters. The van der Waals surface area contributed by atoms with Gasteiger partial charge in [0.25, 0.3) is 0 Å². The second-order valence-corrected chi connectivity index (χ2v) is 15.6. The van der Waals surface area contributed by atoms with Gasteiger partial charge in [0.05, 0.1) is 0 Å². The Morgan fingerprint density at radius 1 is 0.722 bits per heavy atom. The highest BCUT2D eigenvalue weighted by molar-refractivity contribution is 6.70. The molecule has 0 fully saturated rings. The predicted molar refractivity (Wildman–Crippen MR) is 76.9 cm³/mol. The van der Waals surface area contributed by atoms with Gasteiger partial charge in [0, 0.05) is 0 Å². The van der Waals surface area contributed by atoms with Crippen molar-refractivity contribution < 1.29 is 8.85 Å². The van der Waals surface area contributed by atoms with E-state index in [0.29, 0.717) is 0 Å². The normalized spacial score (nSPS) is 19.2. The van der Waals surface area contributed by atoms with Crippen LogP contribution in [0.15, 0.2) is 0 Å². The highest BCUT2D eigenvalue weighted by atomic mass is 28.4. The van der Waals surface area contributed by atoms with Crippen LogP contribution in [0.3, 0.4) is 0 Å². The first-order chi connectivity index (χ1) is 7.79. The van der Waals surface area contributed by atoms with Gasteiger partial charge in [0.15, 0.2) is 27.8 Å². The van der Waals surface area contributed by atoms with Crippen LogP contribution in [-0.4, -0.2) is 27.8 Å². The molecule has 0 aromatic heterocycles. The zero-order chi connectivity index (χ0) is 14.8. The first-order valence-corrected chi connectivity index (χ1v) is 12.8. The van der Waals surface area contributed by atoms with Gasteiger partial charge in [-0.3, -0.25) is 0 Å². The van der Waals surface area contributed by atoms with Crippen molar-refractivity contribution >= 4 is 16.6 Å². The van der Waals surface area contributed by atoms with E-state index < -0.39 is 27.8 Å². The molecule has 0 aromatic carbocycles. The van der Waals surface area contributed by atoms with E-state index in [1.165, 1.54) is 0 Å². The molecular formula is C12H24N2O2Si2. The SMILES string of the molecule is CC(C#N)(O[Si](C)(C)C)C(C)(C#N)O[Si](C)(C)C. The lowest BCUT2D eigenvalue weighted by Crippen LogP contribution is -2.59. The number of hydrogen-bond donors (Lipinski definition) is 0. The smallest absolute Gasteiger partial charge is 0.186 e. The molecule has 6 heteroatoms. The molecule has 0 N–H and O–H groups in total. The molecule has 0 saturated carbocycles. The van der Waals surface area contributed by atoms with Gasteiger partial charge in [-0.1, -0.05) is 0 Å². The number of rotatable bonds is 5. The molecular weight excluding hydrogens is 260 g/mol. The van der Waals surface area contributed by atoms with Crippen LogP contribution in [0.5, 0.6) is 0 Å². The van der Waals surface area contributed by atoms with Crippen LogP contribution < -0.4 is 0 Å². The van der Waals surface area contributed by atoms with Gasteiger partial charge >= 0.3 is 0 Å². The topological polar surface area (TPSA) is 66.0 Å². The van der Waals surface area contributed by atoms with Gasteiger partial charge < -0.3 is 8.85 Å². The molecule has 2 atom stereocenters. The third-order valence-corrected chi connectivity index (χ3v) is 4.40.